The van der Waals surface area contributed by atoms with Crippen LogP contribution in [0.2, 0.25) is 5.02 Å². The molecule has 1 aliphatic rings. The summed E-state index contributed by atoms with van der Waals surface area (Å²) in [5.74, 6) is -1.86. The Kier molecular flexibility index (Phi) is 5.89. The molecule has 0 radical (unpaired) electrons. The Labute approximate surface area is 168 Å². The number of imidazole rings is 1. The van der Waals surface area contributed by atoms with Crippen molar-refractivity contribution in [2.24, 2.45) is 0 Å². The molecule has 12 heteroatoms. The predicted molar refractivity (Wildman–Crippen MR) is 97.0 cm³/mol. The number of carbonyl (C=O) groups is 3. The van der Waals surface area contributed by atoms with Crippen LogP contribution in [-0.4, -0.2) is 57.4 Å². The molecular weight excluding hydrogens is 410 g/mol. The normalized spacial score (nSPS) is 23.7. The first-order valence-electron chi connectivity index (χ1n) is 8.56. The van der Waals surface area contributed by atoms with E-state index in [1.807, 2.05) is 0 Å². The van der Waals surface area contributed by atoms with Crippen molar-refractivity contribution in [3.63, 3.8) is 0 Å². The number of nitrogens with one attached hydrogen (secondary N) is 1. The minimum atomic E-state index is -1.11. The molecule has 2 aromatic heterocycles. The number of pyridine rings is 1. The number of aromatic amines is 1. The largest absolute Gasteiger partial charge is 0.463 e. The zero-order valence-electron chi connectivity index (χ0n) is 15.7. The molecule has 0 aromatic carbocycles. The topological polar surface area (TPSA) is 139 Å². The molecule has 0 unspecified atom stereocenters. The van der Waals surface area contributed by atoms with Gasteiger partial charge < -0.3 is 23.9 Å². The number of aromatic nitrogens is 3. The lowest BCUT2D eigenvalue weighted by atomic mass is 10.1. The number of H-pyrrole nitrogens is 1. The monoisotopic (exact) mass is 427 g/mol. The molecular formula is C17H18ClN3O8. The lowest BCUT2D eigenvalue weighted by Gasteiger charge is -2.24. The van der Waals surface area contributed by atoms with Crippen LogP contribution in [0.3, 0.4) is 0 Å². The van der Waals surface area contributed by atoms with E-state index >= 15 is 0 Å². The van der Waals surface area contributed by atoms with Gasteiger partial charge in [0.15, 0.2) is 24.0 Å². The van der Waals surface area contributed by atoms with E-state index in [0.717, 1.165) is 0 Å². The summed E-state index contributed by atoms with van der Waals surface area (Å²) in [6.07, 6.45) is -1.57. The highest BCUT2D eigenvalue weighted by molar-refractivity contribution is 6.34. The lowest BCUT2D eigenvalue weighted by molar-refractivity contribution is -0.166. The van der Waals surface area contributed by atoms with Crippen LogP contribution in [0.25, 0.3) is 11.0 Å². The van der Waals surface area contributed by atoms with Crippen LogP contribution in [0.15, 0.2) is 17.3 Å². The van der Waals surface area contributed by atoms with Crippen molar-refractivity contribution in [3.05, 3.63) is 27.9 Å². The van der Waals surface area contributed by atoms with E-state index in [1.165, 1.54) is 37.9 Å². The van der Waals surface area contributed by atoms with Gasteiger partial charge in [0.2, 0.25) is 0 Å². The lowest BCUT2D eigenvalue weighted by Crippen LogP contribution is -2.40. The second-order valence-corrected chi connectivity index (χ2v) is 6.74. The summed E-state index contributed by atoms with van der Waals surface area (Å²) in [4.78, 5) is 53.0. The van der Waals surface area contributed by atoms with E-state index in [0.29, 0.717) is 0 Å². The minimum Gasteiger partial charge on any atom is -0.463 e. The van der Waals surface area contributed by atoms with E-state index in [4.69, 9.17) is 30.5 Å². The molecule has 0 amide bonds. The third kappa shape index (κ3) is 4.25. The van der Waals surface area contributed by atoms with Gasteiger partial charge in [0, 0.05) is 27.0 Å². The van der Waals surface area contributed by atoms with Gasteiger partial charge in [0.05, 0.1) is 16.9 Å². The zero-order chi connectivity index (χ0) is 21.3. The van der Waals surface area contributed by atoms with Crippen LogP contribution in [0.1, 0.15) is 27.0 Å². The Morgan fingerprint density at radius 3 is 2.45 bits per heavy atom. The van der Waals surface area contributed by atoms with E-state index < -0.39 is 48.0 Å². The highest BCUT2D eigenvalue weighted by atomic mass is 35.5. The fourth-order valence-corrected chi connectivity index (χ4v) is 3.38. The van der Waals surface area contributed by atoms with Gasteiger partial charge in [-0.15, -0.1) is 0 Å². The number of carbonyl (C=O) groups excluding carboxylic acids is 3. The van der Waals surface area contributed by atoms with Crippen molar-refractivity contribution in [1.82, 2.24) is 14.5 Å². The quantitative estimate of drug-likeness (QED) is 0.539. The SMILES string of the molecule is CC(=O)OC[C@H]1O[C@@H](n2cnc3c(=O)[nH]cc(Cl)c32)[C@H](OC(C)=O)[C@@H]1OC(C)=O. The number of hydrogen-bond acceptors (Lipinski definition) is 9. The van der Waals surface area contributed by atoms with Gasteiger partial charge in [-0.2, -0.15) is 0 Å². The van der Waals surface area contributed by atoms with Gasteiger partial charge in [-0.25, -0.2) is 4.98 Å². The summed E-state index contributed by atoms with van der Waals surface area (Å²) in [5, 5.41) is 0.176. The van der Waals surface area contributed by atoms with Crippen molar-refractivity contribution >= 4 is 40.5 Å². The van der Waals surface area contributed by atoms with Gasteiger partial charge in [0.25, 0.3) is 5.56 Å². The van der Waals surface area contributed by atoms with E-state index in [1.54, 1.807) is 0 Å². The predicted octanol–water partition coefficient (Wildman–Crippen LogP) is 0.702. The first-order chi connectivity index (χ1) is 13.7. The number of hydrogen-bond donors (Lipinski definition) is 1. The van der Waals surface area contributed by atoms with Crippen LogP contribution >= 0.6 is 11.6 Å². The first-order valence-corrected chi connectivity index (χ1v) is 8.93. The van der Waals surface area contributed by atoms with Crippen LogP contribution < -0.4 is 5.56 Å². The molecule has 0 aliphatic carbocycles. The van der Waals surface area contributed by atoms with Crippen LogP contribution in [-0.2, 0) is 33.3 Å². The molecule has 11 nitrogen and oxygen atoms in total. The van der Waals surface area contributed by atoms with Gasteiger partial charge in [-0.05, 0) is 0 Å². The van der Waals surface area contributed by atoms with E-state index in [2.05, 4.69) is 9.97 Å². The Morgan fingerprint density at radius 1 is 1.17 bits per heavy atom. The summed E-state index contributed by atoms with van der Waals surface area (Å²) >= 11 is 6.22. The molecule has 29 heavy (non-hydrogen) atoms. The number of esters is 3. The second-order valence-electron chi connectivity index (χ2n) is 6.33. The summed E-state index contributed by atoms with van der Waals surface area (Å²) in [6, 6.07) is 0. The van der Waals surface area contributed by atoms with Gasteiger partial charge in [0.1, 0.15) is 12.7 Å². The Hall–Kier alpha value is -2.92. The van der Waals surface area contributed by atoms with Crippen molar-refractivity contribution < 1.29 is 33.3 Å². The number of fused-ring (bicyclic) bond motifs is 1. The summed E-state index contributed by atoms with van der Waals surface area (Å²) < 4.78 is 23.0. The average Bonchev–Trinajstić information content (AvgIpc) is 3.19. The number of halogens is 1. The minimum absolute atomic E-state index is 0.0511. The standard InChI is InChI=1S/C17H18ClN3O8/c1-7(22)26-5-11-14(27-8(2)23)15(28-9(3)24)17(29-11)21-6-20-12-13(21)10(18)4-19-16(12)25/h4,6,11,14-15,17H,5H2,1-3H3,(H,19,25)/t11-,14-,15-,17-/m1/s1. The smallest absolute Gasteiger partial charge is 0.303 e. The molecule has 156 valence electrons. The van der Waals surface area contributed by atoms with E-state index in [9.17, 15) is 19.2 Å². The van der Waals surface area contributed by atoms with Gasteiger partial charge in [-0.3, -0.25) is 23.7 Å². The summed E-state index contributed by atoms with van der Waals surface area (Å²) in [6.45, 7) is 3.34. The van der Waals surface area contributed by atoms with Crippen molar-refractivity contribution in [3.8, 4) is 0 Å². The maximum atomic E-state index is 12.0. The number of rotatable bonds is 5. The summed E-state index contributed by atoms with van der Waals surface area (Å²) in [7, 11) is 0. The molecule has 4 atom stereocenters. The molecule has 3 rings (SSSR count). The molecule has 0 spiro atoms. The Bertz CT molecular complexity index is 1020. The molecule has 1 fully saturated rings. The van der Waals surface area contributed by atoms with Crippen molar-refractivity contribution in [2.75, 3.05) is 6.61 Å². The van der Waals surface area contributed by atoms with Crippen LogP contribution in [0.5, 0.6) is 0 Å². The zero-order valence-corrected chi connectivity index (χ0v) is 16.5. The van der Waals surface area contributed by atoms with E-state index in [-0.39, 0.29) is 22.7 Å². The molecule has 0 saturated carbocycles. The highest BCUT2D eigenvalue weighted by Crippen LogP contribution is 2.37. The van der Waals surface area contributed by atoms with Crippen LogP contribution in [0, 0.1) is 0 Å². The first kappa shape index (κ1) is 20.8. The highest BCUT2D eigenvalue weighted by Gasteiger charge is 2.51. The molecule has 1 N–H and O–H groups in total. The summed E-state index contributed by atoms with van der Waals surface area (Å²) in [5.41, 5.74) is -0.180. The number of ether oxygens (including phenoxy) is 4. The molecule has 3 heterocycles. The van der Waals surface area contributed by atoms with Gasteiger partial charge >= 0.3 is 17.9 Å². The van der Waals surface area contributed by atoms with Crippen molar-refractivity contribution in [1.29, 1.82) is 0 Å². The fraction of sp³-hybridized carbons (Fsp3) is 0.471. The van der Waals surface area contributed by atoms with Gasteiger partial charge in [-0.1, -0.05) is 11.6 Å². The molecule has 1 aliphatic heterocycles. The maximum absolute atomic E-state index is 12.0. The molecule has 1 saturated heterocycles. The average molecular weight is 428 g/mol. The van der Waals surface area contributed by atoms with Crippen molar-refractivity contribution in [2.45, 2.75) is 45.3 Å². The third-order valence-corrected chi connectivity index (χ3v) is 4.47. The Balaban J connectivity index is 2.07. The fourth-order valence-electron chi connectivity index (χ4n) is 3.14. The molecule has 2 aromatic rings. The Morgan fingerprint density at radius 2 is 1.83 bits per heavy atom. The third-order valence-electron chi connectivity index (χ3n) is 4.18. The second kappa shape index (κ2) is 8.21. The number of nitrogens with zero attached hydrogens (tertiary/aromatic N) is 2. The molecule has 0 bridgehead atoms. The maximum Gasteiger partial charge on any atom is 0.303 e. The van der Waals surface area contributed by atoms with Crippen LogP contribution in [0.4, 0.5) is 0 Å².